The van der Waals surface area contributed by atoms with Gasteiger partial charge in [0.05, 0.1) is 16.6 Å². The third kappa shape index (κ3) is 2.12. The maximum absolute atomic E-state index is 13.5. The summed E-state index contributed by atoms with van der Waals surface area (Å²) < 4.78 is 2.34. The van der Waals surface area contributed by atoms with Crippen molar-refractivity contribution in [3.8, 4) is 0 Å². The lowest BCUT2D eigenvalue weighted by Gasteiger charge is -2.43. The van der Waals surface area contributed by atoms with Gasteiger partial charge in [-0.3, -0.25) is 9.36 Å². The molecule has 6 rings (SSSR count). The number of imidazole rings is 1. The summed E-state index contributed by atoms with van der Waals surface area (Å²) in [7, 11) is 0. The van der Waals surface area contributed by atoms with Crippen molar-refractivity contribution in [1.29, 1.82) is 0 Å². The van der Waals surface area contributed by atoms with Crippen molar-refractivity contribution < 1.29 is 4.79 Å². The summed E-state index contributed by atoms with van der Waals surface area (Å²) in [6.07, 6.45) is 5.88. The van der Waals surface area contributed by atoms with E-state index in [1.165, 1.54) is 5.56 Å². The number of nitrogens with one attached hydrogen (secondary N) is 1. The zero-order valence-corrected chi connectivity index (χ0v) is 15.8. The highest BCUT2D eigenvalue weighted by Crippen LogP contribution is 2.53. The topological polar surface area (TPSA) is 46.9 Å². The smallest absolute Gasteiger partial charge is 0.208 e. The average molecular weight is 369 g/mol. The summed E-state index contributed by atoms with van der Waals surface area (Å²) in [4.78, 5) is 18.4. The molecule has 0 unspecified atom stereocenters. The summed E-state index contributed by atoms with van der Waals surface area (Å²) >= 11 is 0. The van der Waals surface area contributed by atoms with Crippen molar-refractivity contribution in [2.24, 2.45) is 0 Å². The minimum atomic E-state index is -0.217. The second-order valence-corrected chi connectivity index (χ2v) is 8.42. The number of Topliss-reactive ketones (excluding diaryl/α,β-unsaturated/α-hetero) is 1. The Labute approximate surface area is 164 Å². The third-order valence-corrected chi connectivity index (χ3v) is 6.88. The van der Waals surface area contributed by atoms with Gasteiger partial charge in [-0.25, -0.2) is 4.98 Å². The number of aromatic nitrogens is 2. The third-order valence-electron chi connectivity index (χ3n) is 6.88. The van der Waals surface area contributed by atoms with Gasteiger partial charge >= 0.3 is 0 Å². The highest BCUT2D eigenvalue weighted by molar-refractivity contribution is 6.01. The first-order valence-electron chi connectivity index (χ1n) is 10.3. The van der Waals surface area contributed by atoms with Crippen LogP contribution >= 0.6 is 0 Å². The second kappa shape index (κ2) is 5.81. The molecule has 0 saturated heterocycles. The predicted molar refractivity (Wildman–Crippen MR) is 110 cm³/mol. The van der Waals surface area contributed by atoms with Crippen LogP contribution in [0.2, 0.25) is 0 Å². The number of para-hydroxylation sites is 2. The fraction of sp³-hybridized carbons (Fsp3) is 0.333. The monoisotopic (exact) mass is 369 g/mol. The average Bonchev–Trinajstić information content (AvgIpc) is 3.33. The van der Waals surface area contributed by atoms with E-state index in [2.05, 4.69) is 52.3 Å². The quantitative estimate of drug-likeness (QED) is 0.647. The van der Waals surface area contributed by atoms with E-state index in [-0.39, 0.29) is 11.5 Å². The summed E-state index contributed by atoms with van der Waals surface area (Å²) in [5.41, 5.74) is 5.32. The van der Waals surface area contributed by atoms with Crippen LogP contribution in [0.5, 0.6) is 0 Å². The number of rotatable bonds is 1. The fourth-order valence-corrected chi connectivity index (χ4v) is 5.75. The Kier molecular flexibility index (Phi) is 3.34. The van der Waals surface area contributed by atoms with Gasteiger partial charge in [-0.15, -0.1) is 0 Å². The van der Waals surface area contributed by atoms with Gasteiger partial charge in [0.1, 0.15) is 0 Å². The van der Waals surface area contributed by atoms with Gasteiger partial charge in [-0.1, -0.05) is 55.3 Å². The van der Waals surface area contributed by atoms with Crippen LogP contribution in [0.25, 0.3) is 11.0 Å². The maximum Gasteiger partial charge on any atom is 0.208 e. The molecule has 1 fully saturated rings. The largest absolute Gasteiger partial charge is 0.329 e. The van der Waals surface area contributed by atoms with E-state index in [0.717, 1.165) is 60.4 Å². The Hall–Kier alpha value is -2.88. The van der Waals surface area contributed by atoms with Gasteiger partial charge < -0.3 is 5.32 Å². The molecule has 3 aromatic rings. The Morgan fingerprint density at radius 3 is 2.54 bits per heavy atom. The van der Waals surface area contributed by atoms with Crippen molar-refractivity contribution in [1.82, 2.24) is 9.55 Å². The number of carbonyl (C=O) groups excluding carboxylic acids is 1. The molecule has 4 nitrogen and oxygen atoms in total. The molecule has 1 saturated carbocycles. The molecule has 1 spiro atoms. The maximum atomic E-state index is 13.5. The van der Waals surface area contributed by atoms with Crippen LogP contribution in [0.15, 0.2) is 65.9 Å². The molecular weight excluding hydrogens is 346 g/mol. The van der Waals surface area contributed by atoms with E-state index in [1.54, 1.807) is 0 Å². The van der Waals surface area contributed by atoms with Crippen LogP contribution in [0, 0.1) is 0 Å². The summed E-state index contributed by atoms with van der Waals surface area (Å²) in [6.45, 7) is 0. The van der Waals surface area contributed by atoms with Crippen LogP contribution in [-0.2, 0) is 10.3 Å². The van der Waals surface area contributed by atoms with Crippen molar-refractivity contribution in [3.63, 3.8) is 0 Å². The predicted octanol–water partition coefficient (Wildman–Crippen LogP) is 5.13. The first-order chi connectivity index (χ1) is 13.8. The standard InChI is InChI=1S/C24H23N3O/c28-21-15-17(16-8-2-1-3-9-16)14-19-22(21)24(12-6-7-13-24)27-20-11-5-4-10-18(20)25-23(27)26-19/h1-5,8-11,17H,6-7,12-15H2,(H,25,26)/t17-/m0/s1. The first kappa shape index (κ1) is 16.1. The molecule has 1 aliphatic heterocycles. The Morgan fingerprint density at radius 2 is 1.71 bits per heavy atom. The van der Waals surface area contributed by atoms with Gasteiger partial charge in [0.15, 0.2) is 5.78 Å². The molecule has 2 aromatic carbocycles. The summed E-state index contributed by atoms with van der Waals surface area (Å²) in [5, 5.41) is 3.58. The highest BCUT2D eigenvalue weighted by atomic mass is 16.1. The van der Waals surface area contributed by atoms with E-state index >= 15 is 0 Å². The van der Waals surface area contributed by atoms with Crippen LogP contribution in [0.4, 0.5) is 5.95 Å². The van der Waals surface area contributed by atoms with Crippen molar-refractivity contribution in [2.45, 2.75) is 50.0 Å². The Balaban J connectivity index is 1.53. The summed E-state index contributed by atoms with van der Waals surface area (Å²) in [5.74, 6) is 1.46. The molecular formula is C24H23N3O. The molecule has 0 radical (unpaired) electrons. The first-order valence-corrected chi connectivity index (χ1v) is 10.3. The molecule has 1 atom stereocenters. The molecule has 140 valence electrons. The molecule has 4 heteroatoms. The van der Waals surface area contributed by atoms with Crippen LogP contribution < -0.4 is 5.32 Å². The molecule has 1 N–H and O–H groups in total. The second-order valence-electron chi connectivity index (χ2n) is 8.42. The van der Waals surface area contributed by atoms with E-state index < -0.39 is 0 Å². The number of benzene rings is 2. The normalized spacial score (nSPS) is 23.0. The number of hydrogen-bond donors (Lipinski definition) is 1. The van der Waals surface area contributed by atoms with Crippen LogP contribution in [0.1, 0.15) is 50.0 Å². The van der Waals surface area contributed by atoms with Crippen molar-refractivity contribution in [2.75, 3.05) is 5.32 Å². The van der Waals surface area contributed by atoms with Gasteiger partial charge in [-0.2, -0.15) is 0 Å². The van der Waals surface area contributed by atoms with Crippen LogP contribution in [0.3, 0.4) is 0 Å². The highest BCUT2D eigenvalue weighted by Gasteiger charge is 2.50. The molecule has 28 heavy (non-hydrogen) atoms. The van der Waals surface area contributed by atoms with Gasteiger partial charge in [-0.05, 0) is 42.9 Å². The number of allylic oxidation sites excluding steroid dienone is 2. The summed E-state index contributed by atoms with van der Waals surface area (Å²) in [6, 6.07) is 18.8. The zero-order valence-electron chi connectivity index (χ0n) is 15.8. The lowest BCUT2D eigenvalue weighted by molar-refractivity contribution is -0.117. The van der Waals surface area contributed by atoms with E-state index in [9.17, 15) is 4.79 Å². The van der Waals surface area contributed by atoms with Gasteiger partial charge in [0, 0.05) is 17.7 Å². The molecule has 2 aliphatic carbocycles. The number of fused-ring (bicyclic) bond motifs is 5. The SMILES string of the molecule is O=C1C[C@@H](c2ccccc2)CC2=C1C1(CCCC1)n1c(nc3ccccc31)N2. The molecule has 1 aromatic heterocycles. The Bertz CT molecular complexity index is 1120. The van der Waals surface area contributed by atoms with E-state index in [1.807, 2.05) is 12.1 Å². The molecule has 0 amide bonds. The number of nitrogens with zero attached hydrogens (tertiary/aromatic N) is 2. The number of carbonyl (C=O) groups is 1. The van der Waals surface area contributed by atoms with Crippen molar-refractivity contribution in [3.05, 3.63) is 71.4 Å². The van der Waals surface area contributed by atoms with Crippen LogP contribution in [-0.4, -0.2) is 15.3 Å². The minimum Gasteiger partial charge on any atom is -0.329 e. The minimum absolute atomic E-state index is 0.217. The Morgan fingerprint density at radius 1 is 0.964 bits per heavy atom. The van der Waals surface area contributed by atoms with Gasteiger partial charge in [0.2, 0.25) is 5.95 Å². The fourth-order valence-electron chi connectivity index (χ4n) is 5.75. The molecule has 3 aliphatic rings. The molecule has 0 bridgehead atoms. The molecule has 2 heterocycles. The lowest BCUT2D eigenvalue weighted by Crippen LogP contribution is -2.44. The zero-order chi connectivity index (χ0) is 18.7. The van der Waals surface area contributed by atoms with E-state index in [0.29, 0.717) is 12.2 Å². The number of hydrogen-bond acceptors (Lipinski definition) is 3. The number of anilines is 1. The van der Waals surface area contributed by atoms with Gasteiger partial charge in [0.25, 0.3) is 0 Å². The lowest BCUT2D eigenvalue weighted by atomic mass is 9.73. The van der Waals surface area contributed by atoms with E-state index in [4.69, 9.17) is 4.98 Å². The number of ketones is 1. The van der Waals surface area contributed by atoms with Crippen molar-refractivity contribution >= 4 is 22.8 Å².